The third-order valence-corrected chi connectivity index (χ3v) is 7.91. The van der Waals surface area contributed by atoms with E-state index in [0.717, 1.165) is 24.1 Å². The summed E-state index contributed by atoms with van der Waals surface area (Å²) >= 11 is 0. The standard InChI is InChI=1S/C26H28N2O4S/c1-18-16-19(2)22-8-7-15-28(24(22)17-18)26(29)20-11-13-21(14-12-20)33(30,31)27(3)23-9-5-6-10-25(23)32-4/h5-6,9-14,16-17H,7-8,15H2,1-4H3. The van der Waals surface area contributed by atoms with Gasteiger partial charge in [-0.2, -0.15) is 0 Å². The number of carbonyl (C=O) groups is 1. The molecule has 172 valence electrons. The molecule has 6 nitrogen and oxygen atoms in total. The van der Waals surface area contributed by atoms with E-state index in [1.807, 2.05) is 11.8 Å². The number of anilines is 2. The second-order valence-corrected chi connectivity index (χ2v) is 10.3. The van der Waals surface area contributed by atoms with Gasteiger partial charge in [0.25, 0.3) is 15.9 Å². The Morgan fingerprint density at radius 2 is 1.73 bits per heavy atom. The predicted molar refractivity (Wildman–Crippen MR) is 131 cm³/mol. The molecule has 1 heterocycles. The highest BCUT2D eigenvalue weighted by molar-refractivity contribution is 7.92. The van der Waals surface area contributed by atoms with E-state index in [-0.39, 0.29) is 10.8 Å². The molecule has 0 saturated heterocycles. The topological polar surface area (TPSA) is 66.9 Å². The molecule has 0 aliphatic carbocycles. The molecule has 0 fully saturated rings. The first-order valence-corrected chi connectivity index (χ1v) is 12.3. The molecule has 0 aromatic heterocycles. The summed E-state index contributed by atoms with van der Waals surface area (Å²) in [6.07, 6.45) is 1.86. The highest BCUT2D eigenvalue weighted by Crippen LogP contribution is 2.33. The zero-order valence-corrected chi connectivity index (χ0v) is 20.1. The maximum absolute atomic E-state index is 13.3. The second-order valence-electron chi connectivity index (χ2n) is 8.31. The third-order valence-electron chi connectivity index (χ3n) is 6.12. The van der Waals surface area contributed by atoms with Crippen molar-refractivity contribution in [1.29, 1.82) is 0 Å². The Balaban J connectivity index is 1.62. The van der Waals surface area contributed by atoms with Crippen molar-refractivity contribution in [1.82, 2.24) is 0 Å². The van der Waals surface area contributed by atoms with Gasteiger partial charge in [-0.05, 0) is 85.8 Å². The average Bonchev–Trinajstić information content (AvgIpc) is 2.82. The summed E-state index contributed by atoms with van der Waals surface area (Å²) in [7, 11) is -0.834. The summed E-state index contributed by atoms with van der Waals surface area (Å²) < 4.78 is 32.9. The van der Waals surface area contributed by atoms with Gasteiger partial charge >= 0.3 is 0 Å². The predicted octanol–water partition coefficient (Wildman–Crippen LogP) is 4.73. The molecule has 33 heavy (non-hydrogen) atoms. The van der Waals surface area contributed by atoms with Gasteiger partial charge in [-0.3, -0.25) is 9.10 Å². The molecular weight excluding hydrogens is 436 g/mol. The van der Waals surface area contributed by atoms with Crippen LogP contribution in [0.4, 0.5) is 11.4 Å². The first-order valence-electron chi connectivity index (χ1n) is 10.9. The van der Waals surface area contributed by atoms with Crippen LogP contribution in [0.15, 0.2) is 65.6 Å². The van der Waals surface area contributed by atoms with Crippen LogP contribution in [0.2, 0.25) is 0 Å². The largest absolute Gasteiger partial charge is 0.495 e. The smallest absolute Gasteiger partial charge is 0.264 e. The van der Waals surface area contributed by atoms with Gasteiger partial charge in [0, 0.05) is 24.8 Å². The van der Waals surface area contributed by atoms with Crippen LogP contribution in [-0.2, 0) is 16.4 Å². The van der Waals surface area contributed by atoms with Gasteiger partial charge in [-0.1, -0.05) is 18.2 Å². The van der Waals surface area contributed by atoms with Crippen molar-refractivity contribution in [3.8, 4) is 5.75 Å². The number of carbonyl (C=O) groups excluding carboxylic acids is 1. The first-order chi connectivity index (χ1) is 15.7. The lowest BCUT2D eigenvalue weighted by molar-refractivity contribution is 0.0985. The van der Waals surface area contributed by atoms with Crippen molar-refractivity contribution in [3.63, 3.8) is 0 Å². The molecule has 1 aliphatic heterocycles. The molecule has 4 rings (SSSR count). The molecule has 0 radical (unpaired) electrons. The van der Waals surface area contributed by atoms with Crippen molar-refractivity contribution >= 4 is 27.3 Å². The Morgan fingerprint density at radius 3 is 2.42 bits per heavy atom. The maximum Gasteiger partial charge on any atom is 0.264 e. The number of amides is 1. The van der Waals surface area contributed by atoms with Crippen molar-refractivity contribution in [2.75, 3.05) is 29.9 Å². The lowest BCUT2D eigenvalue weighted by Crippen LogP contribution is -2.36. The molecule has 1 amide bonds. The van der Waals surface area contributed by atoms with Crippen LogP contribution in [0.3, 0.4) is 0 Å². The summed E-state index contributed by atoms with van der Waals surface area (Å²) in [6, 6.07) is 17.3. The van der Waals surface area contributed by atoms with Crippen LogP contribution in [0, 0.1) is 13.8 Å². The zero-order chi connectivity index (χ0) is 23.8. The Kier molecular flexibility index (Phi) is 6.17. The highest BCUT2D eigenvalue weighted by Gasteiger charge is 2.27. The van der Waals surface area contributed by atoms with Gasteiger partial charge in [0.05, 0.1) is 17.7 Å². The van der Waals surface area contributed by atoms with Crippen LogP contribution < -0.4 is 13.9 Å². The van der Waals surface area contributed by atoms with Crippen molar-refractivity contribution in [3.05, 3.63) is 82.9 Å². The van der Waals surface area contributed by atoms with E-state index in [1.54, 1.807) is 36.4 Å². The number of sulfonamides is 1. The molecule has 0 spiro atoms. The minimum atomic E-state index is -3.82. The number of aryl methyl sites for hydroxylation is 2. The normalized spacial score (nSPS) is 13.4. The number of para-hydroxylation sites is 2. The highest BCUT2D eigenvalue weighted by atomic mass is 32.2. The van der Waals surface area contributed by atoms with E-state index in [9.17, 15) is 13.2 Å². The molecule has 1 aliphatic rings. The van der Waals surface area contributed by atoms with E-state index in [4.69, 9.17) is 4.74 Å². The lowest BCUT2D eigenvalue weighted by atomic mass is 9.94. The minimum Gasteiger partial charge on any atom is -0.495 e. The second kappa shape index (κ2) is 8.90. The van der Waals surface area contributed by atoms with E-state index >= 15 is 0 Å². The Hall–Kier alpha value is -3.32. The van der Waals surface area contributed by atoms with Crippen molar-refractivity contribution in [2.45, 2.75) is 31.6 Å². The molecular formula is C26H28N2O4S. The number of methoxy groups -OCH3 is 1. The fourth-order valence-corrected chi connectivity index (χ4v) is 5.60. The third kappa shape index (κ3) is 4.20. The quantitative estimate of drug-likeness (QED) is 0.548. The molecule has 7 heteroatoms. The molecule has 0 unspecified atom stereocenters. The Bertz CT molecular complexity index is 1300. The lowest BCUT2D eigenvalue weighted by Gasteiger charge is -2.31. The number of hydrogen-bond acceptors (Lipinski definition) is 4. The summed E-state index contributed by atoms with van der Waals surface area (Å²) in [6.45, 7) is 4.76. The monoisotopic (exact) mass is 464 g/mol. The van der Waals surface area contributed by atoms with Crippen LogP contribution in [-0.4, -0.2) is 35.0 Å². The fourth-order valence-electron chi connectivity index (χ4n) is 4.39. The van der Waals surface area contributed by atoms with E-state index in [2.05, 4.69) is 19.1 Å². The van der Waals surface area contributed by atoms with E-state index < -0.39 is 10.0 Å². The number of nitrogens with zero attached hydrogens (tertiary/aromatic N) is 2. The minimum absolute atomic E-state index is 0.109. The zero-order valence-electron chi connectivity index (χ0n) is 19.3. The fraction of sp³-hybridized carbons (Fsp3) is 0.269. The van der Waals surface area contributed by atoms with Crippen LogP contribution >= 0.6 is 0 Å². The summed E-state index contributed by atoms with van der Waals surface area (Å²) in [5.74, 6) is 0.340. The molecule has 0 atom stereocenters. The van der Waals surface area contributed by atoms with E-state index in [0.29, 0.717) is 23.5 Å². The maximum atomic E-state index is 13.3. The first kappa shape index (κ1) is 22.9. The molecule has 0 N–H and O–H groups in total. The number of rotatable bonds is 5. The molecule has 3 aromatic rings. The number of ether oxygens (including phenoxy) is 1. The SMILES string of the molecule is COc1ccccc1N(C)S(=O)(=O)c1ccc(C(=O)N2CCCc3c(C)cc(C)cc32)cc1. The molecule has 3 aromatic carbocycles. The van der Waals surface area contributed by atoms with Crippen LogP contribution in [0.1, 0.15) is 33.5 Å². The summed E-state index contributed by atoms with van der Waals surface area (Å²) in [5.41, 5.74) is 5.38. The van der Waals surface area contributed by atoms with Gasteiger partial charge in [0.15, 0.2) is 0 Å². The van der Waals surface area contributed by atoms with E-state index in [1.165, 1.54) is 41.7 Å². The summed E-state index contributed by atoms with van der Waals surface area (Å²) in [4.78, 5) is 15.3. The van der Waals surface area contributed by atoms with Crippen LogP contribution in [0.5, 0.6) is 5.75 Å². The van der Waals surface area contributed by atoms with Gasteiger partial charge < -0.3 is 9.64 Å². The Labute approximate surface area is 195 Å². The van der Waals surface area contributed by atoms with Gasteiger partial charge in [0.1, 0.15) is 5.75 Å². The van der Waals surface area contributed by atoms with Gasteiger partial charge in [0.2, 0.25) is 0 Å². The molecule has 0 saturated carbocycles. The van der Waals surface area contributed by atoms with Crippen molar-refractivity contribution in [2.24, 2.45) is 0 Å². The van der Waals surface area contributed by atoms with Crippen LogP contribution in [0.25, 0.3) is 0 Å². The average molecular weight is 465 g/mol. The number of benzene rings is 3. The Morgan fingerprint density at radius 1 is 1.03 bits per heavy atom. The summed E-state index contributed by atoms with van der Waals surface area (Å²) in [5, 5.41) is 0. The van der Waals surface area contributed by atoms with Crippen molar-refractivity contribution < 1.29 is 17.9 Å². The van der Waals surface area contributed by atoms with Gasteiger partial charge in [-0.15, -0.1) is 0 Å². The van der Waals surface area contributed by atoms with Gasteiger partial charge in [-0.25, -0.2) is 8.42 Å². The number of hydrogen-bond donors (Lipinski definition) is 0. The molecule has 0 bridgehead atoms. The number of fused-ring (bicyclic) bond motifs is 1.